The molecule has 26 heavy (non-hydrogen) atoms. The SMILES string of the molecule is Cc1ccc(O[P+](=O)OCCCCO[P+](=O)Oc2ccc(C)cc2)cc1. The highest BCUT2D eigenvalue weighted by Crippen LogP contribution is 2.29. The van der Waals surface area contributed by atoms with Crippen molar-refractivity contribution in [1.29, 1.82) is 0 Å². The number of benzene rings is 2. The van der Waals surface area contributed by atoms with Gasteiger partial charge in [-0.05, 0) is 51.0 Å². The summed E-state index contributed by atoms with van der Waals surface area (Å²) in [6.45, 7) is 4.45. The lowest BCUT2D eigenvalue weighted by Crippen LogP contribution is -1.95. The normalized spacial score (nSPS) is 11.8. The number of aryl methyl sites for hydroxylation is 2. The first-order valence-electron chi connectivity index (χ1n) is 8.22. The van der Waals surface area contributed by atoms with Crippen LogP contribution in [0.15, 0.2) is 48.5 Å². The van der Waals surface area contributed by atoms with Crippen LogP contribution in [0.2, 0.25) is 0 Å². The predicted molar refractivity (Wildman–Crippen MR) is 100.0 cm³/mol. The summed E-state index contributed by atoms with van der Waals surface area (Å²) in [5, 5.41) is 0. The molecule has 0 saturated heterocycles. The van der Waals surface area contributed by atoms with E-state index in [1.165, 1.54) is 0 Å². The summed E-state index contributed by atoms with van der Waals surface area (Å²) in [5.74, 6) is 1.01. The van der Waals surface area contributed by atoms with Crippen molar-refractivity contribution in [3.8, 4) is 11.5 Å². The van der Waals surface area contributed by atoms with Crippen molar-refractivity contribution in [1.82, 2.24) is 0 Å². The second kappa shape index (κ2) is 11.0. The van der Waals surface area contributed by atoms with E-state index in [9.17, 15) is 9.13 Å². The minimum Gasteiger partial charge on any atom is -0.229 e. The van der Waals surface area contributed by atoms with E-state index in [1.54, 1.807) is 24.3 Å². The predicted octanol–water partition coefficient (Wildman–Crippen LogP) is 5.89. The molecular weight excluding hydrogens is 374 g/mol. The maximum atomic E-state index is 11.7. The van der Waals surface area contributed by atoms with Gasteiger partial charge < -0.3 is 0 Å². The first-order chi connectivity index (χ1) is 12.5. The van der Waals surface area contributed by atoms with Gasteiger partial charge in [0.2, 0.25) is 0 Å². The largest absolute Gasteiger partial charge is 0.750 e. The highest BCUT2D eigenvalue weighted by atomic mass is 31.1. The Labute approximate surface area is 155 Å². The molecule has 2 aromatic carbocycles. The van der Waals surface area contributed by atoms with Gasteiger partial charge in [-0.1, -0.05) is 35.4 Å². The van der Waals surface area contributed by atoms with Gasteiger partial charge in [-0.25, -0.2) is 9.05 Å². The van der Waals surface area contributed by atoms with Crippen LogP contribution in [-0.2, 0) is 18.2 Å². The fourth-order valence-electron chi connectivity index (χ4n) is 1.91. The topological polar surface area (TPSA) is 71.1 Å². The van der Waals surface area contributed by atoms with Crippen LogP contribution < -0.4 is 9.05 Å². The zero-order valence-corrected chi connectivity index (χ0v) is 16.6. The van der Waals surface area contributed by atoms with E-state index in [2.05, 4.69) is 0 Å². The average Bonchev–Trinajstić information content (AvgIpc) is 2.62. The molecule has 2 aromatic rings. The van der Waals surface area contributed by atoms with Gasteiger partial charge in [-0.15, -0.1) is 9.05 Å². The Hall–Kier alpha value is -1.84. The van der Waals surface area contributed by atoms with Crippen molar-refractivity contribution in [2.24, 2.45) is 0 Å². The summed E-state index contributed by atoms with van der Waals surface area (Å²) in [7, 11) is -4.42. The van der Waals surface area contributed by atoms with E-state index in [0.29, 0.717) is 24.3 Å². The molecule has 138 valence electrons. The summed E-state index contributed by atoms with van der Waals surface area (Å²) in [6, 6.07) is 14.4. The van der Waals surface area contributed by atoms with E-state index in [4.69, 9.17) is 18.1 Å². The zero-order chi connectivity index (χ0) is 18.8. The minimum atomic E-state index is -2.21. The molecule has 0 amide bonds. The van der Waals surface area contributed by atoms with Crippen LogP contribution in [0.1, 0.15) is 24.0 Å². The van der Waals surface area contributed by atoms with Gasteiger partial charge >= 0.3 is 16.5 Å². The molecular formula is C18H22O6P2+2. The molecule has 0 aliphatic carbocycles. The van der Waals surface area contributed by atoms with Gasteiger partial charge in [0.25, 0.3) is 0 Å². The Morgan fingerprint density at radius 1 is 0.654 bits per heavy atom. The molecule has 0 bridgehead atoms. The average molecular weight is 396 g/mol. The van der Waals surface area contributed by atoms with Crippen molar-refractivity contribution in [2.75, 3.05) is 13.2 Å². The van der Waals surface area contributed by atoms with Gasteiger partial charge in [-0.2, -0.15) is 0 Å². The van der Waals surface area contributed by atoms with E-state index < -0.39 is 16.5 Å². The van der Waals surface area contributed by atoms with Crippen molar-refractivity contribution >= 4 is 16.5 Å². The van der Waals surface area contributed by atoms with Gasteiger partial charge in [0, 0.05) is 9.13 Å². The molecule has 0 aliphatic rings. The molecule has 0 saturated carbocycles. The third kappa shape index (κ3) is 8.03. The molecule has 0 fully saturated rings. The number of rotatable bonds is 11. The van der Waals surface area contributed by atoms with E-state index in [0.717, 1.165) is 11.1 Å². The number of unbranched alkanes of at least 4 members (excludes halogenated alkanes) is 1. The Bertz CT molecular complexity index is 652. The standard InChI is InChI=1S/C18H22O6P2/c1-15-5-9-17(10-6-15)23-25(19)21-13-3-4-14-22-26(20)24-18-11-7-16(2)8-12-18/h5-12H,3-4,13-14H2,1-2H3/q+2. The van der Waals surface area contributed by atoms with E-state index in [-0.39, 0.29) is 13.2 Å². The maximum Gasteiger partial charge on any atom is 0.750 e. The molecule has 8 heteroatoms. The molecule has 2 rings (SSSR count). The van der Waals surface area contributed by atoms with Gasteiger partial charge in [0.05, 0.1) is 0 Å². The summed E-state index contributed by atoms with van der Waals surface area (Å²) < 4.78 is 43.9. The molecule has 0 aromatic heterocycles. The monoisotopic (exact) mass is 396 g/mol. The maximum absolute atomic E-state index is 11.7. The van der Waals surface area contributed by atoms with Gasteiger partial charge in [0.1, 0.15) is 13.2 Å². The fourth-order valence-corrected chi connectivity index (χ4v) is 3.15. The van der Waals surface area contributed by atoms with Crippen LogP contribution in [0.3, 0.4) is 0 Å². The Morgan fingerprint density at radius 3 is 1.35 bits per heavy atom. The quantitative estimate of drug-likeness (QED) is 0.348. The van der Waals surface area contributed by atoms with Crippen molar-refractivity contribution in [2.45, 2.75) is 26.7 Å². The highest BCUT2D eigenvalue weighted by Gasteiger charge is 2.23. The Morgan fingerprint density at radius 2 is 1.00 bits per heavy atom. The van der Waals surface area contributed by atoms with Crippen LogP contribution in [0, 0.1) is 13.8 Å². The molecule has 2 unspecified atom stereocenters. The minimum absolute atomic E-state index is 0.264. The second-order valence-electron chi connectivity index (χ2n) is 5.63. The van der Waals surface area contributed by atoms with Crippen LogP contribution in [0.4, 0.5) is 0 Å². The lowest BCUT2D eigenvalue weighted by Gasteiger charge is -1.96. The smallest absolute Gasteiger partial charge is 0.229 e. The van der Waals surface area contributed by atoms with Crippen molar-refractivity contribution in [3.05, 3.63) is 59.7 Å². The van der Waals surface area contributed by atoms with Crippen molar-refractivity contribution < 1.29 is 27.2 Å². The molecule has 0 aliphatic heterocycles. The third-order valence-corrected chi connectivity index (χ3v) is 4.84. The lowest BCUT2D eigenvalue weighted by atomic mass is 10.2. The van der Waals surface area contributed by atoms with E-state index in [1.807, 2.05) is 38.1 Å². The van der Waals surface area contributed by atoms with E-state index >= 15 is 0 Å². The molecule has 6 nitrogen and oxygen atoms in total. The highest BCUT2D eigenvalue weighted by molar-refractivity contribution is 7.34. The van der Waals surface area contributed by atoms with Crippen LogP contribution in [-0.4, -0.2) is 13.2 Å². The molecule has 0 heterocycles. The number of hydrogen-bond acceptors (Lipinski definition) is 6. The summed E-state index contributed by atoms with van der Waals surface area (Å²) in [5.41, 5.74) is 2.19. The number of hydrogen-bond donors (Lipinski definition) is 0. The van der Waals surface area contributed by atoms with Gasteiger partial charge in [-0.3, -0.25) is 0 Å². The Kier molecular flexibility index (Phi) is 8.66. The molecule has 2 atom stereocenters. The summed E-state index contributed by atoms with van der Waals surface area (Å²) in [4.78, 5) is 0. The second-order valence-corrected chi connectivity index (χ2v) is 7.41. The van der Waals surface area contributed by atoms with Crippen LogP contribution >= 0.6 is 16.5 Å². The molecule has 0 radical (unpaired) electrons. The fraction of sp³-hybridized carbons (Fsp3) is 0.333. The first kappa shape index (κ1) is 20.5. The van der Waals surface area contributed by atoms with Crippen molar-refractivity contribution in [3.63, 3.8) is 0 Å². The summed E-state index contributed by atoms with van der Waals surface area (Å²) in [6.07, 6.45) is 1.21. The van der Waals surface area contributed by atoms with Crippen LogP contribution in [0.5, 0.6) is 11.5 Å². The third-order valence-electron chi connectivity index (χ3n) is 3.33. The van der Waals surface area contributed by atoms with Gasteiger partial charge in [0.15, 0.2) is 11.5 Å². The lowest BCUT2D eigenvalue weighted by molar-refractivity contribution is 0.246. The summed E-state index contributed by atoms with van der Waals surface area (Å²) >= 11 is 0. The first-order valence-corrected chi connectivity index (χ1v) is 10.4. The molecule has 0 spiro atoms. The molecule has 0 N–H and O–H groups in total. The Balaban J connectivity index is 1.53. The van der Waals surface area contributed by atoms with Crippen LogP contribution in [0.25, 0.3) is 0 Å². The zero-order valence-electron chi connectivity index (χ0n) is 14.8.